The number of nitrogens with zero attached hydrogens (tertiary/aromatic N) is 1. The van der Waals surface area contributed by atoms with Gasteiger partial charge in [0.15, 0.2) is 0 Å². The SMILES string of the molecule is CCCCCCCCCCCCCCCCCCOc1cc(OCCCOc2ccccc2N)cc(N(CC(=O)O)CC(=O)O)c1. The van der Waals surface area contributed by atoms with Gasteiger partial charge in [0.25, 0.3) is 0 Å². The summed E-state index contributed by atoms with van der Waals surface area (Å²) in [5.41, 5.74) is 6.90. The molecular formula is C37H58N2O7. The number of hydrogen-bond donors (Lipinski definition) is 3. The van der Waals surface area contributed by atoms with E-state index in [9.17, 15) is 19.8 Å². The lowest BCUT2D eigenvalue weighted by molar-refractivity contribution is -0.136. The van der Waals surface area contributed by atoms with Gasteiger partial charge in [0, 0.05) is 30.3 Å². The van der Waals surface area contributed by atoms with Crippen LogP contribution in [0.3, 0.4) is 0 Å². The normalized spacial score (nSPS) is 10.9. The van der Waals surface area contributed by atoms with Gasteiger partial charge in [-0.2, -0.15) is 0 Å². The molecule has 4 N–H and O–H groups in total. The molecule has 0 radical (unpaired) electrons. The number of carboxylic acids is 2. The van der Waals surface area contributed by atoms with E-state index in [4.69, 9.17) is 19.9 Å². The zero-order valence-corrected chi connectivity index (χ0v) is 28.1. The maximum absolute atomic E-state index is 11.4. The molecule has 0 fully saturated rings. The highest BCUT2D eigenvalue weighted by atomic mass is 16.5. The quantitative estimate of drug-likeness (QED) is 0.0589. The van der Waals surface area contributed by atoms with Crippen molar-refractivity contribution in [3.05, 3.63) is 42.5 Å². The third-order valence-electron chi connectivity index (χ3n) is 7.88. The average Bonchev–Trinajstić information content (AvgIpc) is 3.02. The molecule has 0 bridgehead atoms. The summed E-state index contributed by atoms with van der Waals surface area (Å²) in [5, 5.41) is 18.7. The Labute approximate surface area is 276 Å². The summed E-state index contributed by atoms with van der Waals surface area (Å²) < 4.78 is 17.7. The molecule has 2 aromatic rings. The summed E-state index contributed by atoms with van der Waals surface area (Å²) in [7, 11) is 0. The Morgan fingerprint density at radius 3 is 1.52 bits per heavy atom. The van der Waals surface area contributed by atoms with Crippen LogP contribution in [0.5, 0.6) is 17.2 Å². The number of benzene rings is 2. The van der Waals surface area contributed by atoms with Crippen LogP contribution in [0.25, 0.3) is 0 Å². The monoisotopic (exact) mass is 642 g/mol. The first-order valence-corrected chi connectivity index (χ1v) is 17.5. The maximum Gasteiger partial charge on any atom is 0.323 e. The molecular weight excluding hydrogens is 584 g/mol. The summed E-state index contributed by atoms with van der Waals surface area (Å²) in [6, 6.07) is 12.4. The standard InChI is InChI=1S/C37H58N2O7/c1-2-3-4-5-6-7-8-9-10-11-12-13-14-15-16-19-23-44-32-26-31(39(29-36(40)41)30-37(42)43)27-33(28-32)45-24-20-25-46-35-22-18-17-21-34(35)38/h17-18,21-22,26-28H,2-16,19-20,23-25,29-30,38H2,1H3,(H,40,41)(H,42,43). The first-order valence-electron chi connectivity index (χ1n) is 17.5. The minimum Gasteiger partial charge on any atom is -0.493 e. The van der Waals surface area contributed by atoms with Crippen LogP contribution in [0, 0.1) is 0 Å². The van der Waals surface area contributed by atoms with E-state index in [0.29, 0.717) is 54.9 Å². The molecule has 0 atom stereocenters. The summed E-state index contributed by atoms with van der Waals surface area (Å²) in [4.78, 5) is 24.2. The molecule has 2 aromatic carbocycles. The zero-order chi connectivity index (χ0) is 33.2. The van der Waals surface area contributed by atoms with Crippen molar-refractivity contribution in [2.24, 2.45) is 0 Å². The van der Waals surface area contributed by atoms with Crippen LogP contribution in [-0.4, -0.2) is 55.1 Å². The van der Waals surface area contributed by atoms with E-state index in [1.807, 2.05) is 18.2 Å². The molecule has 0 spiro atoms. The molecule has 0 aliphatic heterocycles. The van der Waals surface area contributed by atoms with E-state index in [1.165, 1.54) is 94.8 Å². The Kier molecular flexibility index (Phi) is 20.6. The minimum absolute atomic E-state index is 0.340. The molecule has 46 heavy (non-hydrogen) atoms. The van der Waals surface area contributed by atoms with Crippen LogP contribution < -0.4 is 24.8 Å². The molecule has 0 saturated carbocycles. The van der Waals surface area contributed by atoms with E-state index in [2.05, 4.69) is 6.92 Å². The number of rotatable bonds is 29. The van der Waals surface area contributed by atoms with Crippen molar-refractivity contribution in [1.29, 1.82) is 0 Å². The molecule has 0 heterocycles. The highest BCUT2D eigenvalue weighted by Gasteiger charge is 2.17. The second kappa shape index (κ2) is 24.6. The number of anilines is 2. The molecule has 258 valence electrons. The second-order valence-corrected chi connectivity index (χ2v) is 12.0. The van der Waals surface area contributed by atoms with Crippen LogP contribution in [-0.2, 0) is 9.59 Å². The summed E-state index contributed by atoms with van der Waals surface area (Å²) in [6.45, 7) is 2.61. The van der Waals surface area contributed by atoms with Gasteiger partial charge in [-0.15, -0.1) is 0 Å². The van der Waals surface area contributed by atoms with Crippen LogP contribution in [0.2, 0.25) is 0 Å². The van der Waals surface area contributed by atoms with Crippen molar-refractivity contribution in [1.82, 2.24) is 0 Å². The number of carbonyl (C=O) groups is 2. The fourth-order valence-electron chi connectivity index (χ4n) is 5.35. The number of aliphatic carboxylic acids is 2. The average molecular weight is 643 g/mol. The van der Waals surface area contributed by atoms with Crippen molar-refractivity contribution in [2.75, 3.05) is 43.5 Å². The third kappa shape index (κ3) is 18.4. The molecule has 0 aliphatic carbocycles. The summed E-state index contributed by atoms with van der Waals surface area (Å²) in [6.07, 6.45) is 21.4. The number of hydrogen-bond acceptors (Lipinski definition) is 7. The Morgan fingerprint density at radius 2 is 1.04 bits per heavy atom. The highest BCUT2D eigenvalue weighted by Crippen LogP contribution is 2.29. The second-order valence-electron chi connectivity index (χ2n) is 12.0. The van der Waals surface area contributed by atoms with E-state index in [1.54, 1.807) is 24.3 Å². The van der Waals surface area contributed by atoms with Crippen molar-refractivity contribution < 1.29 is 34.0 Å². The molecule has 0 amide bonds. The molecule has 0 unspecified atom stereocenters. The minimum atomic E-state index is -1.12. The molecule has 0 aliphatic rings. The van der Waals surface area contributed by atoms with Crippen molar-refractivity contribution in [3.63, 3.8) is 0 Å². The number of nitrogen functional groups attached to an aromatic ring is 1. The van der Waals surface area contributed by atoms with Crippen molar-refractivity contribution in [2.45, 2.75) is 116 Å². The smallest absolute Gasteiger partial charge is 0.323 e. The van der Waals surface area contributed by atoms with Gasteiger partial charge in [-0.25, -0.2) is 0 Å². The predicted octanol–water partition coefficient (Wildman–Crippen LogP) is 8.73. The van der Waals surface area contributed by atoms with Crippen LogP contribution >= 0.6 is 0 Å². The van der Waals surface area contributed by atoms with Gasteiger partial charge < -0.3 is 35.1 Å². The van der Waals surface area contributed by atoms with E-state index >= 15 is 0 Å². The number of unbranched alkanes of at least 4 members (excludes halogenated alkanes) is 15. The Hall–Kier alpha value is -3.62. The number of para-hydroxylation sites is 2. The van der Waals surface area contributed by atoms with E-state index < -0.39 is 25.0 Å². The topological polar surface area (TPSA) is 132 Å². The van der Waals surface area contributed by atoms with Crippen LogP contribution in [0.4, 0.5) is 11.4 Å². The largest absolute Gasteiger partial charge is 0.493 e. The van der Waals surface area contributed by atoms with E-state index in [-0.39, 0.29) is 0 Å². The Bertz CT molecular complexity index is 1090. The van der Waals surface area contributed by atoms with Gasteiger partial charge in [0.2, 0.25) is 0 Å². The maximum atomic E-state index is 11.4. The first kappa shape index (κ1) is 38.6. The van der Waals surface area contributed by atoms with Gasteiger partial charge in [-0.3, -0.25) is 9.59 Å². The Balaban J connectivity index is 1.72. The predicted molar refractivity (Wildman–Crippen MR) is 185 cm³/mol. The molecule has 0 aromatic heterocycles. The fourth-order valence-corrected chi connectivity index (χ4v) is 5.35. The number of carboxylic acid groups (broad SMARTS) is 2. The summed E-state index contributed by atoms with van der Waals surface area (Å²) >= 11 is 0. The molecule has 2 rings (SSSR count). The zero-order valence-electron chi connectivity index (χ0n) is 28.1. The molecule has 9 heteroatoms. The third-order valence-corrected chi connectivity index (χ3v) is 7.88. The van der Waals surface area contributed by atoms with Gasteiger partial charge in [0.1, 0.15) is 30.3 Å². The number of nitrogens with two attached hydrogens (primary N) is 1. The van der Waals surface area contributed by atoms with Crippen LogP contribution in [0.15, 0.2) is 42.5 Å². The van der Waals surface area contributed by atoms with Crippen LogP contribution in [0.1, 0.15) is 116 Å². The van der Waals surface area contributed by atoms with Crippen molar-refractivity contribution in [3.8, 4) is 17.2 Å². The lowest BCUT2D eigenvalue weighted by Crippen LogP contribution is -2.34. The first-order chi connectivity index (χ1) is 22.4. The highest BCUT2D eigenvalue weighted by molar-refractivity contribution is 5.80. The van der Waals surface area contributed by atoms with Gasteiger partial charge in [-0.05, 0) is 18.6 Å². The lowest BCUT2D eigenvalue weighted by Gasteiger charge is -2.22. The van der Waals surface area contributed by atoms with Gasteiger partial charge in [0.05, 0.1) is 25.5 Å². The Morgan fingerprint density at radius 1 is 0.609 bits per heavy atom. The lowest BCUT2D eigenvalue weighted by atomic mass is 10.0. The van der Waals surface area contributed by atoms with Gasteiger partial charge in [-0.1, -0.05) is 115 Å². The molecule has 9 nitrogen and oxygen atoms in total. The summed E-state index contributed by atoms with van der Waals surface area (Å²) in [5.74, 6) is -0.643. The molecule has 0 saturated heterocycles. The number of ether oxygens (including phenoxy) is 3. The van der Waals surface area contributed by atoms with Gasteiger partial charge >= 0.3 is 11.9 Å². The fraction of sp³-hybridized carbons (Fsp3) is 0.622. The van der Waals surface area contributed by atoms with Crippen molar-refractivity contribution >= 4 is 23.3 Å². The van der Waals surface area contributed by atoms with E-state index in [0.717, 1.165) is 12.8 Å².